The Morgan fingerprint density at radius 1 is 0.914 bits per heavy atom. The second kappa shape index (κ2) is 12.7. The summed E-state index contributed by atoms with van der Waals surface area (Å²) in [5, 5.41) is 7.53. The van der Waals surface area contributed by atoms with E-state index in [1.165, 1.54) is 13.8 Å². The third kappa shape index (κ3) is 9.21. The minimum absolute atomic E-state index is 0.128. The average molecular weight is 484 g/mol. The van der Waals surface area contributed by atoms with Crippen molar-refractivity contribution in [1.82, 2.24) is 10.6 Å². The minimum Gasteiger partial charge on any atom is -0.434 e. The number of anilines is 1. The largest absolute Gasteiger partial charge is 0.434 e. The molecule has 0 spiro atoms. The van der Waals surface area contributed by atoms with Gasteiger partial charge in [-0.15, -0.1) is 0 Å². The van der Waals surface area contributed by atoms with Crippen molar-refractivity contribution >= 4 is 29.4 Å². The molecule has 3 amide bonds. The van der Waals surface area contributed by atoms with Crippen LogP contribution < -0.4 is 16.0 Å². The van der Waals surface area contributed by atoms with Crippen LogP contribution in [0.25, 0.3) is 0 Å². The summed E-state index contributed by atoms with van der Waals surface area (Å²) < 4.78 is 10.7. The number of rotatable bonds is 9. The number of para-hydroxylation sites is 1. The number of esters is 1. The fourth-order valence-electron chi connectivity index (χ4n) is 3.17. The number of hydrogen-bond acceptors (Lipinski definition) is 6. The Labute approximate surface area is 205 Å². The number of carbonyl (C=O) groups excluding carboxylic acids is 4. The molecule has 0 aliphatic rings. The normalized spacial score (nSPS) is 12.7. The van der Waals surface area contributed by atoms with Gasteiger partial charge in [-0.05, 0) is 29.5 Å². The van der Waals surface area contributed by atoms with Gasteiger partial charge in [-0.3, -0.25) is 19.2 Å². The number of nitrogens with one attached hydrogen (secondary N) is 3. The smallest absolute Gasteiger partial charge is 0.313 e. The van der Waals surface area contributed by atoms with Crippen molar-refractivity contribution in [3.63, 3.8) is 0 Å². The average Bonchev–Trinajstić information content (AvgIpc) is 2.80. The molecule has 2 rings (SSSR count). The zero-order valence-electron chi connectivity index (χ0n) is 20.7. The lowest BCUT2D eigenvalue weighted by atomic mass is 9.86. The Kier molecular flexibility index (Phi) is 9.96. The summed E-state index contributed by atoms with van der Waals surface area (Å²) in [7, 11) is 0. The Bertz CT molecular complexity index is 1030. The standard InChI is InChI=1S/C26H33N3O6/c1-17(28-24(32)25(33)29-21-14-10-9-13-20(21)26(3,4)5)23(31)27-15-22(35-18(2)30)34-16-19-11-7-6-8-12-19/h6-14,17,22H,15-16H2,1-5H3,(H,27,31)(H,28,32)(H,29,33)/t17-,22?/m0/s1. The molecular weight excluding hydrogens is 450 g/mol. The van der Waals surface area contributed by atoms with Gasteiger partial charge in [0.2, 0.25) is 12.2 Å². The van der Waals surface area contributed by atoms with Gasteiger partial charge in [0.25, 0.3) is 0 Å². The van der Waals surface area contributed by atoms with Gasteiger partial charge in [-0.25, -0.2) is 0 Å². The molecule has 0 saturated heterocycles. The van der Waals surface area contributed by atoms with Gasteiger partial charge in [0.15, 0.2) is 0 Å². The van der Waals surface area contributed by atoms with E-state index in [1.54, 1.807) is 12.1 Å². The molecule has 0 heterocycles. The van der Waals surface area contributed by atoms with Gasteiger partial charge >= 0.3 is 17.8 Å². The number of ether oxygens (including phenoxy) is 2. The van der Waals surface area contributed by atoms with Crippen LogP contribution in [0.2, 0.25) is 0 Å². The highest BCUT2D eigenvalue weighted by atomic mass is 16.7. The third-order valence-electron chi connectivity index (χ3n) is 4.95. The first kappa shape index (κ1) is 27.5. The number of amides is 3. The van der Waals surface area contributed by atoms with Crippen LogP contribution in [0.5, 0.6) is 0 Å². The molecule has 9 nitrogen and oxygen atoms in total. The Balaban J connectivity index is 1.89. The van der Waals surface area contributed by atoms with E-state index in [9.17, 15) is 19.2 Å². The van der Waals surface area contributed by atoms with Gasteiger partial charge in [0.1, 0.15) is 6.04 Å². The van der Waals surface area contributed by atoms with Crippen molar-refractivity contribution in [2.75, 3.05) is 11.9 Å². The lowest BCUT2D eigenvalue weighted by Gasteiger charge is -2.23. The van der Waals surface area contributed by atoms with E-state index in [0.29, 0.717) is 5.69 Å². The van der Waals surface area contributed by atoms with Gasteiger partial charge in [0.05, 0.1) is 13.2 Å². The molecule has 0 saturated carbocycles. The maximum atomic E-state index is 12.5. The van der Waals surface area contributed by atoms with Gasteiger partial charge in [0, 0.05) is 12.6 Å². The lowest BCUT2D eigenvalue weighted by molar-refractivity contribution is -0.178. The summed E-state index contributed by atoms with van der Waals surface area (Å²) in [6.45, 7) is 8.72. The monoisotopic (exact) mass is 483 g/mol. The topological polar surface area (TPSA) is 123 Å². The van der Waals surface area contributed by atoms with Crippen LogP contribution in [-0.4, -0.2) is 42.6 Å². The molecule has 35 heavy (non-hydrogen) atoms. The summed E-state index contributed by atoms with van der Waals surface area (Å²) in [6, 6.07) is 15.5. The first-order valence-electron chi connectivity index (χ1n) is 11.3. The predicted octanol–water partition coefficient (Wildman–Crippen LogP) is 2.65. The van der Waals surface area contributed by atoms with Crippen molar-refractivity contribution in [1.29, 1.82) is 0 Å². The Morgan fingerprint density at radius 3 is 2.17 bits per heavy atom. The molecule has 0 fully saturated rings. The van der Waals surface area contributed by atoms with Gasteiger partial charge < -0.3 is 25.4 Å². The summed E-state index contributed by atoms with van der Waals surface area (Å²) in [5.74, 6) is -2.97. The molecular formula is C26H33N3O6. The fraction of sp³-hybridized carbons (Fsp3) is 0.385. The molecule has 0 aliphatic heterocycles. The van der Waals surface area contributed by atoms with Gasteiger partial charge in [-0.2, -0.15) is 0 Å². The highest BCUT2D eigenvalue weighted by molar-refractivity contribution is 6.40. The first-order valence-corrected chi connectivity index (χ1v) is 11.3. The van der Waals surface area contributed by atoms with Gasteiger partial charge in [-0.1, -0.05) is 69.3 Å². The van der Waals surface area contributed by atoms with Crippen LogP contribution in [0.3, 0.4) is 0 Å². The Morgan fingerprint density at radius 2 is 1.54 bits per heavy atom. The highest BCUT2D eigenvalue weighted by Gasteiger charge is 2.24. The third-order valence-corrected chi connectivity index (χ3v) is 4.95. The second-order valence-corrected chi connectivity index (χ2v) is 9.03. The second-order valence-electron chi connectivity index (χ2n) is 9.03. The van der Waals surface area contributed by atoms with Crippen LogP contribution in [0, 0.1) is 0 Å². The van der Waals surface area contributed by atoms with E-state index in [0.717, 1.165) is 11.1 Å². The van der Waals surface area contributed by atoms with Crippen molar-refractivity contribution in [3.05, 3.63) is 65.7 Å². The van der Waals surface area contributed by atoms with E-state index in [-0.39, 0.29) is 18.6 Å². The maximum absolute atomic E-state index is 12.5. The lowest BCUT2D eigenvalue weighted by Crippen LogP contribution is -2.49. The van der Waals surface area contributed by atoms with Crippen LogP contribution in [-0.2, 0) is 40.7 Å². The summed E-state index contributed by atoms with van der Waals surface area (Å²) >= 11 is 0. The predicted molar refractivity (Wildman–Crippen MR) is 131 cm³/mol. The summed E-state index contributed by atoms with van der Waals surface area (Å²) in [6.07, 6.45) is -1.02. The van der Waals surface area contributed by atoms with Crippen molar-refractivity contribution in [2.45, 2.75) is 59.0 Å². The van der Waals surface area contributed by atoms with Crippen LogP contribution in [0.1, 0.15) is 45.7 Å². The zero-order chi connectivity index (χ0) is 26.0. The van der Waals surface area contributed by atoms with Crippen molar-refractivity contribution in [2.24, 2.45) is 0 Å². The summed E-state index contributed by atoms with van der Waals surface area (Å²) in [5.41, 5.74) is 2.03. The molecule has 9 heteroatoms. The maximum Gasteiger partial charge on any atom is 0.313 e. The number of carbonyl (C=O) groups is 4. The summed E-state index contributed by atoms with van der Waals surface area (Å²) in [4.78, 5) is 48.6. The molecule has 1 unspecified atom stereocenters. The molecule has 0 bridgehead atoms. The number of hydrogen-bond donors (Lipinski definition) is 3. The Hall–Kier alpha value is -3.72. The molecule has 2 atom stereocenters. The van der Waals surface area contributed by atoms with Crippen LogP contribution in [0.15, 0.2) is 54.6 Å². The molecule has 3 N–H and O–H groups in total. The SMILES string of the molecule is CC(=O)OC(CNC(=O)[C@H](C)NC(=O)C(=O)Nc1ccccc1C(C)(C)C)OCc1ccccc1. The number of benzene rings is 2. The van der Waals surface area contributed by atoms with E-state index in [2.05, 4.69) is 16.0 Å². The van der Waals surface area contributed by atoms with Crippen molar-refractivity contribution in [3.8, 4) is 0 Å². The van der Waals surface area contributed by atoms with Crippen LogP contribution >= 0.6 is 0 Å². The fourth-order valence-corrected chi connectivity index (χ4v) is 3.17. The zero-order valence-corrected chi connectivity index (χ0v) is 20.7. The van der Waals surface area contributed by atoms with Crippen LogP contribution in [0.4, 0.5) is 5.69 Å². The molecule has 0 aliphatic carbocycles. The highest BCUT2D eigenvalue weighted by Crippen LogP contribution is 2.29. The first-order chi connectivity index (χ1) is 16.5. The molecule has 0 radical (unpaired) electrons. The van der Waals surface area contributed by atoms with E-state index in [1.807, 2.05) is 63.2 Å². The molecule has 2 aromatic rings. The molecule has 188 valence electrons. The van der Waals surface area contributed by atoms with E-state index < -0.39 is 36.0 Å². The quantitative estimate of drug-likeness (QED) is 0.286. The van der Waals surface area contributed by atoms with Crippen molar-refractivity contribution < 1.29 is 28.7 Å². The molecule has 0 aromatic heterocycles. The van der Waals surface area contributed by atoms with E-state index >= 15 is 0 Å². The molecule has 2 aromatic carbocycles. The van der Waals surface area contributed by atoms with E-state index in [4.69, 9.17) is 9.47 Å². The minimum atomic E-state index is -1.02.